The lowest BCUT2D eigenvalue weighted by Gasteiger charge is -2.39. The van der Waals surface area contributed by atoms with Crippen LogP contribution in [0.15, 0.2) is 48.5 Å². The van der Waals surface area contributed by atoms with Crippen molar-refractivity contribution in [3.8, 4) is 0 Å². The number of rotatable bonds is 9. The van der Waals surface area contributed by atoms with Crippen molar-refractivity contribution < 1.29 is 26.3 Å². The van der Waals surface area contributed by atoms with Gasteiger partial charge in [-0.3, -0.25) is 4.90 Å². The highest BCUT2D eigenvalue weighted by Crippen LogP contribution is 2.57. The number of halogens is 6. The van der Waals surface area contributed by atoms with Crippen molar-refractivity contribution in [2.24, 2.45) is 0 Å². The van der Waals surface area contributed by atoms with Crippen LogP contribution in [0, 0.1) is 0 Å². The van der Waals surface area contributed by atoms with E-state index < -0.39 is 23.2 Å². The number of nitrogens with zero attached hydrogens (tertiary/aromatic N) is 1. The Hall–Kier alpha value is -2.02. The summed E-state index contributed by atoms with van der Waals surface area (Å²) < 4.78 is 88.4. The average molecular weight is 540 g/mol. The Kier molecular flexibility index (Phi) is 8.56. The number of benzene rings is 2. The minimum atomic E-state index is -4.51. The van der Waals surface area contributed by atoms with Crippen molar-refractivity contribution in [2.45, 2.75) is 113 Å². The lowest BCUT2D eigenvalue weighted by molar-refractivity contribution is -0.191. The molecule has 1 atom stereocenters. The maximum atomic E-state index is 14.7. The minimum Gasteiger partial charge on any atom is -0.299 e. The van der Waals surface area contributed by atoms with E-state index in [0.717, 1.165) is 12.0 Å². The Balaban J connectivity index is 1.76. The van der Waals surface area contributed by atoms with Crippen LogP contribution in [0.5, 0.6) is 0 Å². The van der Waals surface area contributed by atoms with Crippen molar-refractivity contribution in [1.82, 2.24) is 4.90 Å². The number of hydrogen-bond donors (Lipinski definition) is 0. The van der Waals surface area contributed by atoms with Gasteiger partial charge in [-0.25, -0.2) is 0 Å². The van der Waals surface area contributed by atoms with Crippen molar-refractivity contribution >= 4 is 0 Å². The van der Waals surface area contributed by atoms with Crippen LogP contribution in [0.2, 0.25) is 0 Å². The normalized spacial score (nSPS) is 20.2. The second kappa shape index (κ2) is 11.2. The van der Waals surface area contributed by atoms with Crippen molar-refractivity contribution in [3.63, 3.8) is 0 Å². The van der Waals surface area contributed by atoms with Gasteiger partial charge in [-0.1, -0.05) is 81.1 Å². The van der Waals surface area contributed by atoms with Crippen molar-refractivity contribution in [3.05, 3.63) is 70.8 Å². The summed E-state index contributed by atoms with van der Waals surface area (Å²) in [6.45, 7) is 2.70. The van der Waals surface area contributed by atoms with Crippen molar-refractivity contribution in [1.29, 1.82) is 0 Å². The van der Waals surface area contributed by atoms with E-state index >= 15 is 0 Å². The molecule has 4 rings (SSSR count). The molecule has 0 amide bonds. The van der Waals surface area contributed by atoms with Crippen LogP contribution in [0.1, 0.15) is 93.4 Å². The maximum absolute atomic E-state index is 14.7. The molecule has 2 aromatic carbocycles. The van der Waals surface area contributed by atoms with E-state index in [-0.39, 0.29) is 49.3 Å². The van der Waals surface area contributed by atoms with Crippen LogP contribution in [-0.2, 0) is 23.8 Å². The molecule has 7 heteroatoms. The van der Waals surface area contributed by atoms with Gasteiger partial charge in [-0.05, 0) is 74.2 Å². The third-order valence-corrected chi connectivity index (χ3v) is 9.30. The quantitative estimate of drug-likeness (QED) is 0.287. The summed E-state index contributed by atoms with van der Waals surface area (Å²) in [7, 11) is 1.98. The molecule has 0 aliphatic heterocycles. The largest absolute Gasteiger partial charge is 0.398 e. The van der Waals surface area contributed by atoms with E-state index in [1.165, 1.54) is 18.2 Å². The second-order valence-corrected chi connectivity index (χ2v) is 11.4. The summed E-state index contributed by atoms with van der Waals surface area (Å²) in [4.78, 5) is 2.17. The van der Waals surface area contributed by atoms with E-state index in [1.54, 1.807) is 0 Å². The van der Waals surface area contributed by atoms with E-state index in [2.05, 4.69) is 4.90 Å². The molecule has 1 nitrogen and oxygen atoms in total. The molecule has 2 fully saturated rings. The molecule has 0 spiro atoms. The minimum absolute atomic E-state index is 0.0342. The second-order valence-electron chi connectivity index (χ2n) is 11.4. The van der Waals surface area contributed by atoms with E-state index in [0.29, 0.717) is 44.2 Å². The van der Waals surface area contributed by atoms with Gasteiger partial charge >= 0.3 is 12.4 Å². The van der Waals surface area contributed by atoms with Crippen LogP contribution in [0.4, 0.5) is 26.3 Å². The highest BCUT2D eigenvalue weighted by atomic mass is 19.4. The molecule has 0 bridgehead atoms. The van der Waals surface area contributed by atoms with Gasteiger partial charge in [0.2, 0.25) is 0 Å². The first-order chi connectivity index (χ1) is 18.0. The van der Waals surface area contributed by atoms with Crippen molar-refractivity contribution in [2.75, 3.05) is 7.05 Å². The van der Waals surface area contributed by atoms with Gasteiger partial charge < -0.3 is 0 Å². The molecule has 2 aliphatic carbocycles. The van der Waals surface area contributed by atoms with Gasteiger partial charge in [-0.15, -0.1) is 0 Å². The highest BCUT2D eigenvalue weighted by Gasteiger charge is 2.60. The zero-order chi connectivity index (χ0) is 27.6. The summed E-state index contributed by atoms with van der Waals surface area (Å²) in [5.41, 5.74) is -2.52. The SMILES string of the molecule is CCC(CCc1c(C2(C(F)(F)F)CCCC2)cccc1C1(C(F)(F)F)CCCC1)N(C)Cc1ccccc1. The monoisotopic (exact) mass is 539 g/mol. The third kappa shape index (κ3) is 5.37. The molecule has 2 aliphatic rings. The van der Waals surface area contributed by atoms with Gasteiger partial charge in [0, 0.05) is 12.6 Å². The maximum Gasteiger partial charge on any atom is 0.398 e. The lowest BCUT2D eigenvalue weighted by Crippen LogP contribution is -2.44. The Morgan fingerprint density at radius 1 is 0.737 bits per heavy atom. The standard InChI is InChI=1S/C31H39F6N/c1-3-24(38(2)22-23-12-5-4-6-13-23)16-17-25-26(28(30(32,33)34)18-7-8-19-28)14-11-15-27(25)29(31(35,36)37)20-9-10-21-29/h4-6,11-15,24H,3,7-10,16-22H2,1-2H3. The molecule has 0 aromatic heterocycles. The number of hydrogen-bond acceptors (Lipinski definition) is 1. The van der Waals surface area contributed by atoms with Crippen LogP contribution < -0.4 is 0 Å². The zero-order valence-electron chi connectivity index (χ0n) is 22.4. The molecule has 0 radical (unpaired) electrons. The number of alkyl halides is 6. The topological polar surface area (TPSA) is 3.24 Å². The smallest absolute Gasteiger partial charge is 0.299 e. The van der Waals surface area contributed by atoms with Gasteiger partial charge in [0.05, 0.1) is 10.8 Å². The Bertz CT molecular complexity index is 994. The molecule has 0 N–H and O–H groups in total. The van der Waals surface area contributed by atoms with Gasteiger partial charge in [0.25, 0.3) is 0 Å². The first-order valence-electron chi connectivity index (χ1n) is 14.0. The fraction of sp³-hybridized carbons (Fsp3) is 0.613. The first kappa shape index (κ1) is 29.0. The van der Waals surface area contributed by atoms with Crippen LogP contribution in [0.25, 0.3) is 0 Å². The fourth-order valence-corrected chi connectivity index (χ4v) is 7.17. The Morgan fingerprint density at radius 3 is 1.63 bits per heavy atom. The summed E-state index contributed by atoms with van der Waals surface area (Å²) in [6, 6.07) is 14.4. The zero-order valence-corrected chi connectivity index (χ0v) is 22.4. The predicted molar refractivity (Wildman–Crippen MR) is 139 cm³/mol. The third-order valence-electron chi connectivity index (χ3n) is 9.30. The molecule has 0 saturated heterocycles. The van der Waals surface area contributed by atoms with Gasteiger partial charge in [0.15, 0.2) is 0 Å². The molecule has 0 heterocycles. The molecular weight excluding hydrogens is 500 g/mol. The molecule has 210 valence electrons. The van der Waals surface area contributed by atoms with Crippen LogP contribution in [-0.4, -0.2) is 30.3 Å². The summed E-state index contributed by atoms with van der Waals surface area (Å²) in [6.07, 6.45) is -6.03. The molecule has 1 unspecified atom stereocenters. The van der Waals surface area contributed by atoms with E-state index in [4.69, 9.17) is 0 Å². The molecule has 38 heavy (non-hydrogen) atoms. The lowest BCUT2D eigenvalue weighted by atomic mass is 9.68. The molecule has 2 aromatic rings. The summed E-state index contributed by atoms with van der Waals surface area (Å²) in [5.74, 6) is 0. The predicted octanol–water partition coefficient (Wildman–Crippen LogP) is 9.28. The van der Waals surface area contributed by atoms with Gasteiger partial charge in [-0.2, -0.15) is 26.3 Å². The van der Waals surface area contributed by atoms with Crippen LogP contribution in [0.3, 0.4) is 0 Å². The Labute approximate surface area is 222 Å². The highest BCUT2D eigenvalue weighted by molar-refractivity contribution is 5.47. The Morgan fingerprint density at radius 2 is 1.21 bits per heavy atom. The van der Waals surface area contributed by atoms with Crippen LogP contribution >= 0.6 is 0 Å². The van der Waals surface area contributed by atoms with Gasteiger partial charge in [0.1, 0.15) is 0 Å². The van der Waals surface area contributed by atoms with E-state index in [9.17, 15) is 26.3 Å². The summed E-state index contributed by atoms with van der Waals surface area (Å²) in [5, 5.41) is 0. The average Bonchev–Trinajstić information content (AvgIpc) is 3.56. The fourth-order valence-electron chi connectivity index (χ4n) is 7.17. The first-order valence-corrected chi connectivity index (χ1v) is 14.0. The molecular formula is C31H39F6N. The summed E-state index contributed by atoms with van der Waals surface area (Å²) >= 11 is 0. The van der Waals surface area contributed by atoms with E-state index in [1.807, 2.05) is 44.3 Å². The molecule has 2 saturated carbocycles.